The Labute approximate surface area is 298 Å². The molecular formula is C29H24Cl2F6N8O7. The molecule has 1 amide bonds. The molecule has 0 saturated heterocycles. The van der Waals surface area contributed by atoms with Crippen molar-refractivity contribution in [2.75, 3.05) is 6.61 Å². The highest BCUT2D eigenvalue weighted by molar-refractivity contribution is 6.31. The number of nitrogens with two attached hydrogens (primary N) is 1. The first-order valence-corrected chi connectivity index (χ1v) is 14.8. The summed E-state index contributed by atoms with van der Waals surface area (Å²) in [4.78, 5) is 41.6. The summed E-state index contributed by atoms with van der Waals surface area (Å²) in [5, 5.41) is 7.94. The van der Waals surface area contributed by atoms with Crippen LogP contribution in [0.25, 0.3) is 35.2 Å². The maximum atomic E-state index is 12.4. The number of esters is 1. The number of amides is 1. The molecule has 2 aromatic heterocycles. The minimum atomic E-state index is -4.88. The van der Waals surface area contributed by atoms with Crippen LogP contribution in [0, 0.1) is 5.92 Å². The lowest BCUT2D eigenvalue weighted by molar-refractivity contribution is -0.275. The molecule has 4 rings (SSSR count). The number of hydrazine groups is 1. The minimum absolute atomic E-state index is 0.0165. The van der Waals surface area contributed by atoms with E-state index in [1.807, 2.05) is 19.3 Å². The summed E-state index contributed by atoms with van der Waals surface area (Å²) in [6.45, 7) is 3.73. The van der Waals surface area contributed by atoms with E-state index in [1.165, 1.54) is 35.7 Å². The quantitative estimate of drug-likeness (QED) is 0.0350. The van der Waals surface area contributed by atoms with Crippen LogP contribution in [0.15, 0.2) is 61.2 Å². The van der Waals surface area contributed by atoms with Crippen LogP contribution in [0.1, 0.15) is 13.8 Å². The second kappa shape index (κ2) is 18.0. The van der Waals surface area contributed by atoms with Crippen LogP contribution in [0.2, 0.25) is 10.0 Å². The van der Waals surface area contributed by atoms with Crippen molar-refractivity contribution in [1.82, 2.24) is 35.0 Å². The number of rotatable bonds is 10. The van der Waals surface area contributed by atoms with Crippen LogP contribution in [0.3, 0.4) is 0 Å². The molecule has 278 valence electrons. The number of alkyl halides is 6. The average molecular weight is 781 g/mol. The summed E-state index contributed by atoms with van der Waals surface area (Å²) in [6.07, 6.45) is -4.05. The van der Waals surface area contributed by atoms with Crippen LogP contribution >= 0.6 is 23.2 Å². The summed E-state index contributed by atoms with van der Waals surface area (Å²) < 4.78 is 92.9. The number of hydrogen-bond acceptors (Lipinski definition) is 12. The summed E-state index contributed by atoms with van der Waals surface area (Å²) in [6, 6.07) is 6.87. The van der Waals surface area contributed by atoms with Crippen molar-refractivity contribution >= 4 is 53.6 Å². The van der Waals surface area contributed by atoms with Crippen LogP contribution in [-0.4, -0.2) is 66.9 Å². The molecule has 15 nitrogen and oxygen atoms in total. The minimum Gasteiger partial charge on any atom is -0.434 e. The monoisotopic (exact) mass is 780 g/mol. The molecule has 0 unspecified atom stereocenters. The van der Waals surface area contributed by atoms with E-state index in [0.717, 1.165) is 47.3 Å². The van der Waals surface area contributed by atoms with Crippen LogP contribution in [0.4, 0.5) is 31.1 Å². The van der Waals surface area contributed by atoms with Gasteiger partial charge in [-0.3, -0.25) is 10.2 Å². The second-order valence-corrected chi connectivity index (χ2v) is 10.9. The van der Waals surface area contributed by atoms with Gasteiger partial charge in [0, 0.05) is 45.7 Å². The lowest BCUT2D eigenvalue weighted by atomic mass is 10.2. The molecule has 0 bridgehead atoms. The van der Waals surface area contributed by atoms with E-state index in [1.54, 1.807) is 0 Å². The number of carbonyl (C=O) groups is 3. The zero-order chi connectivity index (χ0) is 38.6. The van der Waals surface area contributed by atoms with Crippen LogP contribution < -0.4 is 20.7 Å². The van der Waals surface area contributed by atoms with Gasteiger partial charge in [0.2, 0.25) is 0 Å². The van der Waals surface area contributed by atoms with E-state index >= 15 is 0 Å². The van der Waals surface area contributed by atoms with E-state index < -0.39 is 42.3 Å². The van der Waals surface area contributed by atoms with Crippen LogP contribution in [0.5, 0.6) is 11.5 Å². The number of nitrogens with zero attached hydrogens (tertiary/aromatic N) is 6. The number of ether oxygens (including phenoxy) is 4. The van der Waals surface area contributed by atoms with Crippen molar-refractivity contribution in [1.29, 1.82) is 0 Å². The lowest BCUT2D eigenvalue weighted by Crippen LogP contribution is -2.28. The third kappa shape index (κ3) is 14.7. The van der Waals surface area contributed by atoms with Gasteiger partial charge in [-0.2, -0.15) is 0 Å². The maximum Gasteiger partial charge on any atom is 0.573 e. The molecule has 52 heavy (non-hydrogen) atoms. The number of hydrogen-bond donors (Lipinski definition) is 2. The highest BCUT2D eigenvalue weighted by Gasteiger charge is 2.32. The molecule has 0 atom stereocenters. The number of benzene rings is 2. The zero-order valence-corrected chi connectivity index (χ0v) is 27.9. The zero-order valence-electron chi connectivity index (χ0n) is 26.4. The fourth-order valence-electron chi connectivity index (χ4n) is 3.44. The third-order valence-electron chi connectivity index (χ3n) is 5.35. The summed E-state index contributed by atoms with van der Waals surface area (Å²) >= 11 is 11.6. The fraction of sp³-hybridized carbons (Fsp3) is 0.207. The molecule has 2 aromatic carbocycles. The Morgan fingerprint density at radius 3 is 1.69 bits per heavy atom. The van der Waals surface area contributed by atoms with Crippen molar-refractivity contribution in [3.8, 4) is 34.3 Å². The van der Waals surface area contributed by atoms with Crippen molar-refractivity contribution in [2.24, 2.45) is 11.8 Å². The number of halogens is 8. The standard InChI is InChI=1S/C17H15ClF3N3O5.C12H9ClF3N5O2/c1-10(2)8-27-16(26)28-14(25)3-4-24-9-22-15(23-24)11-5-12(18)7-13(6-11)29-17(19,20)21;13-8-3-7(4-9(5-8)23-12(14,15)16)11-18-6-21(20-11)2-1-10(22)19-17/h3-7,9-10H,8H2,1-2H3;1-6H,17H2,(H,19,22)/b4-3-;2-1-. The first-order valence-electron chi connectivity index (χ1n) is 14.0. The van der Waals surface area contributed by atoms with Crippen molar-refractivity contribution in [3.05, 3.63) is 71.3 Å². The Balaban J connectivity index is 0.000000288. The summed E-state index contributed by atoms with van der Waals surface area (Å²) in [5.74, 6) is 2.51. The van der Waals surface area contributed by atoms with Gasteiger partial charge in [-0.25, -0.2) is 34.8 Å². The fourth-order valence-corrected chi connectivity index (χ4v) is 3.89. The van der Waals surface area contributed by atoms with E-state index in [0.29, 0.717) is 0 Å². The Hall–Kier alpha value is -5.67. The van der Waals surface area contributed by atoms with Crippen LogP contribution in [-0.2, 0) is 19.1 Å². The molecular weight excluding hydrogens is 757 g/mol. The molecule has 0 aliphatic carbocycles. The Kier molecular flexibility index (Phi) is 14.1. The summed E-state index contributed by atoms with van der Waals surface area (Å²) in [7, 11) is 0. The molecule has 4 aromatic rings. The smallest absolute Gasteiger partial charge is 0.434 e. The molecule has 0 aliphatic rings. The van der Waals surface area contributed by atoms with Gasteiger partial charge in [0.1, 0.15) is 24.2 Å². The molecule has 3 N–H and O–H groups in total. The third-order valence-corrected chi connectivity index (χ3v) is 5.78. The van der Waals surface area contributed by atoms with E-state index in [9.17, 15) is 40.7 Å². The number of nitrogens with one attached hydrogen (secondary N) is 1. The van der Waals surface area contributed by atoms with Crippen molar-refractivity contribution < 1.29 is 59.7 Å². The Bertz CT molecular complexity index is 1930. The van der Waals surface area contributed by atoms with E-state index in [4.69, 9.17) is 29.0 Å². The van der Waals surface area contributed by atoms with Gasteiger partial charge in [-0.1, -0.05) is 37.0 Å². The Morgan fingerprint density at radius 1 is 0.808 bits per heavy atom. The maximum absolute atomic E-state index is 12.4. The van der Waals surface area contributed by atoms with Gasteiger partial charge < -0.3 is 18.9 Å². The normalized spacial score (nSPS) is 11.7. The second-order valence-electron chi connectivity index (χ2n) is 10.1. The van der Waals surface area contributed by atoms with Crippen molar-refractivity contribution in [2.45, 2.75) is 26.6 Å². The molecule has 0 radical (unpaired) electrons. The SMILES string of the molecule is CC(C)COC(=O)OC(=O)/C=C\n1cnc(-c2cc(Cl)cc(OC(F)(F)F)c2)n1.NNC(=O)/C=C\n1cnc(-c2cc(Cl)cc(OC(F)(F)F)c2)n1. The first kappa shape index (κ1) is 40.8. The first-order chi connectivity index (χ1) is 24.3. The van der Waals surface area contributed by atoms with E-state index in [2.05, 4.69) is 39.1 Å². The number of carbonyl (C=O) groups excluding carboxylic acids is 3. The number of aromatic nitrogens is 6. The largest absolute Gasteiger partial charge is 0.573 e. The molecule has 0 fully saturated rings. The predicted octanol–water partition coefficient (Wildman–Crippen LogP) is 6.26. The van der Waals surface area contributed by atoms with Crippen molar-refractivity contribution in [3.63, 3.8) is 0 Å². The molecule has 0 aliphatic heterocycles. The molecule has 0 spiro atoms. The van der Waals surface area contributed by atoms with Gasteiger partial charge in [-0.05, 0) is 42.3 Å². The van der Waals surface area contributed by atoms with E-state index in [-0.39, 0.29) is 45.3 Å². The van der Waals surface area contributed by atoms with Gasteiger partial charge in [0.25, 0.3) is 5.91 Å². The van der Waals surface area contributed by atoms with Gasteiger partial charge in [-0.15, -0.1) is 36.5 Å². The van der Waals surface area contributed by atoms with Gasteiger partial charge >= 0.3 is 24.8 Å². The summed E-state index contributed by atoms with van der Waals surface area (Å²) in [5.41, 5.74) is 2.25. The molecule has 0 saturated carbocycles. The topological polar surface area (TPSA) is 188 Å². The highest BCUT2D eigenvalue weighted by Crippen LogP contribution is 2.31. The molecule has 23 heteroatoms. The lowest BCUT2D eigenvalue weighted by Gasteiger charge is -2.09. The van der Waals surface area contributed by atoms with Gasteiger partial charge in [0.15, 0.2) is 11.6 Å². The predicted molar refractivity (Wildman–Crippen MR) is 170 cm³/mol. The average Bonchev–Trinajstić information content (AvgIpc) is 3.70. The molecule has 2 heterocycles. The highest BCUT2D eigenvalue weighted by atomic mass is 35.5. The Morgan fingerprint density at radius 2 is 1.27 bits per heavy atom. The van der Waals surface area contributed by atoms with Gasteiger partial charge in [0.05, 0.1) is 6.61 Å².